The zero-order chi connectivity index (χ0) is 15.7. The molecule has 2 N–H and O–H groups in total. The van der Waals surface area contributed by atoms with Crippen LogP contribution in [0, 0.1) is 18.2 Å². The van der Waals surface area contributed by atoms with Gasteiger partial charge in [-0.05, 0) is 38.7 Å². The Labute approximate surface area is 126 Å². The van der Waals surface area contributed by atoms with E-state index in [-0.39, 0.29) is 5.82 Å². The summed E-state index contributed by atoms with van der Waals surface area (Å²) in [6.07, 6.45) is 5.22. The topological polar surface area (TPSA) is 39.7 Å². The summed E-state index contributed by atoms with van der Waals surface area (Å²) in [4.78, 5) is 6.37. The van der Waals surface area contributed by atoms with Crippen molar-refractivity contribution < 1.29 is 4.39 Å². The van der Waals surface area contributed by atoms with Crippen molar-refractivity contribution in [1.29, 1.82) is 0 Å². The maximum Gasteiger partial charge on any atom is 0.192 e. The van der Waals surface area contributed by atoms with E-state index in [9.17, 15) is 4.39 Å². The lowest BCUT2D eigenvalue weighted by Crippen LogP contribution is -2.37. The molecule has 0 amide bonds. The Hall–Kier alpha value is -2.06. The predicted octanol–water partition coefficient (Wildman–Crippen LogP) is 1.58. The van der Waals surface area contributed by atoms with Gasteiger partial charge in [-0.15, -0.1) is 6.42 Å². The molecule has 0 saturated carbocycles. The number of halogens is 1. The third kappa shape index (κ3) is 6.28. The lowest BCUT2D eigenvalue weighted by atomic mass is 10.1. The molecule has 0 bridgehead atoms. The maximum atomic E-state index is 13.7. The smallest absolute Gasteiger partial charge is 0.192 e. The molecule has 0 saturated heterocycles. The quantitative estimate of drug-likeness (QED) is 0.475. The maximum absolute atomic E-state index is 13.7. The van der Waals surface area contributed by atoms with E-state index in [1.54, 1.807) is 6.07 Å². The average Bonchev–Trinajstić information content (AvgIpc) is 2.44. The summed E-state index contributed by atoms with van der Waals surface area (Å²) in [5.74, 6) is 2.98. The summed E-state index contributed by atoms with van der Waals surface area (Å²) in [5.41, 5.74) is 1.64. The van der Waals surface area contributed by atoms with Gasteiger partial charge in [0.15, 0.2) is 5.96 Å². The number of terminal acetylenes is 1. The molecule has 0 aromatic heterocycles. The first-order valence-corrected chi connectivity index (χ1v) is 6.94. The van der Waals surface area contributed by atoms with Gasteiger partial charge < -0.3 is 15.5 Å². The highest BCUT2D eigenvalue weighted by Gasteiger charge is 2.05. The van der Waals surface area contributed by atoms with E-state index in [0.29, 0.717) is 31.2 Å². The van der Waals surface area contributed by atoms with Crippen molar-refractivity contribution in [2.24, 2.45) is 4.99 Å². The van der Waals surface area contributed by atoms with Crippen molar-refractivity contribution in [3.8, 4) is 12.3 Å². The molecule has 1 rings (SSSR count). The lowest BCUT2D eigenvalue weighted by molar-refractivity contribution is 0.392. The second-order valence-corrected chi connectivity index (χ2v) is 4.92. The average molecular weight is 290 g/mol. The SMILES string of the molecule is C#CCNC(=NCc1ccc(F)c(CN(C)C)c1)NCC. The summed E-state index contributed by atoms with van der Waals surface area (Å²) >= 11 is 0. The first kappa shape index (κ1) is 17.0. The minimum Gasteiger partial charge on any atom is -0.357 e. The van der Waals surface area contributed by atoms with Crippen molar-refractivity contribution in [2.45, 2.75) is 20.0 Å². The molecule has 5 heteroatoms. The first-order valence-electron chi connectivity index (χ1n) is 6.94. The van der Waals surface area contributed by atoms with Crippen LogP contribution < -0.4 is 10.6 Å². The van der Waals surface area contributed by atoms with Crippen LogP contribution in [0.15, 0.2) is 23.2 Å². The number of hydrogen-bond acceptors (Lipinski definition) is 2. The minimum atomic E-state index is -0.186. The number of guanidine groups is 1. The Kier molecular flexibility index (Phi) is 7.27. The second kappa shape index (κ2) is 8.98. The molecular formula is C16H23FN4. The van der Waals surface area contributed by atoms with Crippen LogP contribution >= 0.6 is 0 Å². The van der Waals surface area contributed by atoms with Crippen LogP contribution in [0.4, 0.5) is 4.39 Å². The fraction of sp³-hybridized carbons (Fsp3) is 0.438. The third-order valence-corrected chi connectivity index (χ3v) is 2.72. The van der Waals surface area contributed by atoms with Crippen LogP contribution in [0.3, 0.4) is 0 Å². The highest BCUT2D eigenvalue weighted by atomic mass is 19.1. The summed E-state index contributed by atoms with van der Waals surface area (Å²) < 4.78 is 13.7. The van der Waals surface area contributed by atoms with Gasteiger partial charge in [0.05, 0.1) is 13.1 Å². The normalized spacial score (nSPS) is 11.3. The van der Waals surface area contributed by atoms with Crippen LogP contribution in [0.1, 0.15) is 18.1 Å². The molecule has 0 heterocycles. The molecule has 1 aromatic carbocycles. The van der Waals surface area contributed by atoms with Crippen LogP contribution in [-0.4, -0.2) is 38.0 Å². The fourth-order valence-electron chi connectivity index (χ4n) is 1.84. The molecule has 0 radical (unpaired) electrons. The molecule has 0 aliphatic carbocycles. The Morgan fingerprint density at radius 1 is 1.38 bits per heavy atom. The molecule has 0 unspecified atom stereocenters. The van der Waals surface area contributed by atoms with Gasteiger partial charge in [0.2, 0.25) is 0 Å². The fourth-order valence-corrected chi connectivity index (χ4v) is 1.84. The molecule has 4 nitrogen and oxygen atoms in total. The molecule has 114 valence electrons. The van der Waals surface area contributed by atoms with Crippen molar-refractivity contribution in [2.75, 3.05) is 27.2 Å². The molecule has 0 aliphatic heterocycles. The van der Waals surface area contributed by atoms with Crippen molar-refractivity contribution in [3.63, 3.8) is 0 Å². The number of aliphatic imine (C=N–C) groups is 1. The first-order chi connectivity index (χ1) is 10.1. The lowest BCUT2D eigenvalue weighted by Gasteiger charge is -2.12. The Bertz CT molecular complexity index is 517. The van der Waals surface area contributed by atoms with Gasteiger partial charge in [-0.2, -0.15) is 0 Å². The van der Waals surface area contributed by atoms with Gasteiger partial charge in [0.1, 0.15) is 5.82 Å². The molecule has 0 aliphatic rings. The van der Waals surface area contributed by atoms with E-state index in [0.717, 1.165) is 12.1 Å². The number of benzene rings is 1. The van der Waals surface area contributed by atoms with Crippen LogP contribution in [0.5, 0.6) is 0 Å². The molecule has 1 aromatic rings. The zero-order valence-electron chi connectivity index (χ0n) is 12.9. The highest BCUT2D eigenvalue weighted by molar-refractivity contribution is 5.79. The van der Waals surface area contributed by atoms with E-state index in [4.69, 9.17) is 6.42 Å². The highest BCUT2D eigenvalue weighted by Crippen LogP contribution is 2.13. The molecule has 21 heavy (non-hydrogen) atoms. The van der Waals surface area contributed by atoms with Gasteiger partial charge in [-0.1, -0.05) is 12.0 Å². The Morgan fingerprint density at radius 2 is 2.14 bits per heavy atom. The Morgan fingerprint density at radius 3 is 2.76 bits per heavy atom. The number of rotatable bonds is 6. The van der Waals surface area contributed by atoms with Crippen LogP contribution in [0.2, 0.25) is 0 Å². The van der Waals surface area contributed by atoms with Crippen molar-refractivity contribution in [3.05, 3.63) is 35.1 Å². The van der Waals surface area contributed by atoms with E-state index < -0.39 is 0 Å². The number of nitrogens with zero attached hydrogens (tertiary/aromatic N) is 2. The van der Waals surface area contributed by atoms with E-state index in [1.807, 2.05) is 32.0 Å². The summed E-state index contributed by atoms with van der Waals surface area (Å²) in [5, 5.41) is 6.13. The van der Waals surface area contributed by atoms with Gasteiger partial charge in [-0.25, -0.2) is 9.38 Å². The van der Waals surface area contributed by atoms with Gasteiger partial charge in [0, 0.05) is 18.7 Å². The van der Waals surface area contributed by atoms with Gasteiger partial charge >= 0.3 is 0 Å². The third-order valence-electron chi connectivity index (χ3n) is 2.72. The zero-order valence-corrected chi connectivity index (χ0v) is 12.9. The van der Waals surface area contributed by atoms with Crippen molar-refractivity contribution in [1.82, 2.24) is 15.5 Å². The molecule has 0 fully saturated rings. The van der Waals surface area contributed by atoms with E-state index in [2.05, 4.69) is 21.5 Å². The summed E-state index contributed by atoms with van der Waals surface area (Å²) in [6, 6.07) is 5.10. The molecular weight excluding hydrogens is 267 g/mol. The second-order valence-electron chi connectivity index (χ2n) is 4.92. The van der Waals surface area contributed by atoms with Crippen LogP contribution in [0.25, 0.3) is 0 Å². The predicted molar refractivity (Wildman–Crippen MR) is 85.4 cm³/mol. The largest absolute Gasteiger partial charge is 0.357 e. The van der Waals surface area contributed by atoms with E-state index in [1.165, 1.54) is 6.07 Å². The van der Waals surface area contributed by atoms with Crippen LogP contribution in [-0.2, 0) is 13.1 Å². The summed E-state index contributed by atoms with van der Waals surface area (Å²) in [7, 11) is 3.83. The molecule has 0 atom stereocenters. The number of nitrogens with one attached hydrogen (secondary N) is 2. The standard InChI is InChI=1S/C16H23FN4/c1-5-9-19-16(18-6-2)20-11-13-7-8-15(17)14(10-13)12-21(3)4/h1,7-8,10H,6,9,11-12H2,2-4H3,(H2,18,19,20). The monoisotopic (exact) mass is 290 g/mol. The van der Waals surface area contributed by atoms with Crippen molar-refractivity contribution >= 4 is 5.96 Å². The van der Waals surface area contributed by atoms with E-state index >= 15 is 0 Å². The van der Waals surface area contributed by atoms with Gasteiger partial charge in [-0.3, -0.25) is 0 Å². The van der Waals surface area contributed by atoms with Gasteiger partial charge in [0.25, 0.3) is 0 Å². The summed E-state index contributed by atoms with van der Waals surface area (Å²) in [6.45, 7) is 4.20. The Balaban J connectivity index is 2.78. The number of hydrogen-bond donors (Lipinski definition) is 2. The minimum absolute atomic E-state index is 0.186. The molecule has 0 spiro atoms.